The number of Topliss-reactive ketones (excluding diaryl/α,β-unsaturated/α-hetero) is 1. The highest BCUT2D eigenvalue weighted by Gasteiger charge is 2.37. The molecule has 1 fully saturated rings. The summed E-state index contributed by atoms with van der Waals surface area (Å²) < 4.78 is 6.09. The Kier molecular flexibility index (Phi) is 7.49. The lowest BCUT2D eigenvalue weighted by molar-refractivity contribution is -0.131. The number of piperidine rings is 1. The van der Waals surface area contributed by atoms with Crippen molar-refractivity contribution in [1.29, 1.82) is 0 Å². The second kappa shape index (κ2) is 10.7. The molecule has 0 radical (unpaired) electrons. The highest BCUT2D eigenvalue weighted by Crippen LogP contribution is 2.34. The van der Waals surface area contributed by atoms with Crippen LogP contribution in [0.25, 0.3) is 0 Å². The molecule has 2 aromatic carbocycles. The van der Waals surface area contributed by atoms with Crippen LogP contribution in [0.15, 0.2) is 42.5 Å². The lowest BCUT2D eigenvalue weighted by Gasteiger charge is -2.34. The summed E-state index contributed by atoms with van der Waals surface area (Å²) in [6.45, 7) is 2.73. The Balaban J connectivity index is 1.37. The van der Waals surface area contributed by atoms with Gasteiger partial charge >= 0.3 is 0 Å². The van der Waals surface area contributed by atoms with Gasteiger partial charge in [-0.3, -0.25) is 14.4 Å². The van der Waals surface area contributed by atoms with E-state index in [9.17, 15) is 14.4 Å². The van der Waals surface area contributed by atoms with Gasteiger partial charge in [0.25, 0.3) is 5.91 Å². The molecule has 2 aliphatic rings. The summed E-state index contributed by atoms with van der Waals surface area (Å²) in [5, 5.41) is 15.1. The van der Waals surface area contributed by atoms with Gasteiger partial charge in [-0.05, 0) is 36.1 Å². The van der Waals surface area contributed by atoms with E-state index < -0.39 is 11.8 Å². The maximum atomic E-state index is 13.0. The van der Waals surface area contributed by atoms with Gasteiger partial charge in [0.15, 0.2) is 6.29 Å². The first kappa shape index (κ1) is 23.1. The van der Waals surface area contributed by atoms with Crippen LogP contribution in [0.5, 0.6) is 5.75 Å². The van der Waals surface area contributed by atoms with Crippen molar-refractivity contribution >= 4 is 18.0 Å². The Hall–Kier alpha value is -3.07. The van der Waals surface area contributed by atoms with Gasteiger partial charge in [0.2, 0.25) is 5.78 Å². The molecule has 4 rings (SSSR count). The molecular formula is C25H29N3O5. The number of nitrogens with one attached hydrogen (secondary N) is 2. The Morgan fingerprint density at radius 1 is 1.18 bits per heavy atom. The largest absolute Gasteiger partial charge is 0.489 e. The van der Waals surface area contributed by atoms with Crippen molar-refractivity contribution in [3.05, 3.63) is 64.7 Å². The molecule has 0 aliphatic carbocycles. The third kappa shape index (κ3) is 5.30. The second-order valence-electron chi connectivity index (χ2n) is 8.43. The molecule has 0 saturated carbocycles. The summed E-state index contributed by atoms with van der Waals surface area (Å²) in [5.74, 6) is 0.242. The highest BCUT2D eigenvalue weighted by atomic mass is 16.5. The van der Waals surface area contributed by atoms with Crippen LogP contribution in [0.2, 0.25) is 0 Å². The van der Waals surface area contributed by atoms with Crippen molar-refractivity contribution in [1.82, 2.24) is 15.5 Å². The van der Waals surface area contributed by atoms with Crippen LogP contribution in [0, 0.1) is 0 Å². The third-order valence-electron chi connectivity index (χ3n) is 6.28. The molecule has 2 aromatic rings. The maximum Gasteiger partial charge on any atom is 0.254 e. The molecule has 0 spiro atoms. The van der Waals surface area contributed by atoms with Crippen molar-refractivity contribution in [2.24, 2.45) is 0 Å². The number of carbonyl (C=O) groups is 3. The number of benzene rings is 2. The maximum absolute atomic E-state index is 13.0. The van der Waals surface area contributed by atoms with E-state index >= 15 is 0 Å². The predicted octanol–water partition coefficient (Wildman–Crippen LogP) is 1.19. The van der Waals surface area contributed by atoms with Gasteiger partial charge in [-0.15, -0.1) is 0 Å². The van der Waals surface area contributed by atoms with Gasteiger partial charge in [-0.25, -0.2) is 0 Å². The number of ketones is 1. The fraction of sp³-hybridized carbons (Fsp3) is 0.400. The summed E-state index contributed by atoms with van der Waals surface area (Å²) in [5.41, 5.74) is 3.71. The Morgan fingerprint density at radius 3 is 2.67 bits per heavy atom. The zero-order valence-corrected chi connectivity index (χ0v) is 18.5. The van der Waals surface area contributed by atoms with E-state index in [0.29, 0.717) is 63.2 Å². The number of aldehydes is 1. The summed E-state index contributed by atoms with van der Waals surface area (Å²) in [7, 11) is 0. The van der Waals surface area contributed by atoms with Crippen molar-refractivity contribution < 1.29 is 24.2 Å². The number of amides is 1. The van der Waals surface area contributed by atoms with Crippen LogP contribution >= 0.6 is 0 Å². The summed E-state index contributed by atoms with van der Waals surface area (Å²) in [6, 6.07) is 13.2. The number of fused-ring (bicyclic) bond motifs is 1. The molecule has 1 saturated heterocycles. The number of aliphatic hydroxyl groups excluding tert-OH is 1. The fourth-order valence-electron chi connectivity index (χ4n) is 4.41. The quantitative estimate of drug-likeness (QED) is 0.283. The van der Waals surface area contributed by atoms with Gasteiger partial charge < -0.3 is 25.4 Å². The van der Waals surface area contributed by atoms with Gasteiger partial charge in [-0.2, -0.15) is 0 Å². The highest BCUT2D eigenvalue weighted by molar-refractivity contribution is 6.27. The molecule has 174 valence electrons. The number of aliphatic hydroxyl groups is 1. The number of ether oxygens (including phenoxy) is 1. The van der Waals surface area contributed by atoms with Crippen molar-refractivity contribution in [3.63, 3.8) is 0 Å². The van der Waals surface area contributed by atoms with E-state index in [0.717, 1.165) is 16.7 Å². The lowest BCUT2D eigenvalue weighted by atomic mass is 9.97. The van der Waals surface area contributed by atoms with Crippen molar-refractivity contribution in [3.8, 4) is 5.75 Å². The van der Waals surface area contributed by atoms with Crippen LogP contribution in [0.1, 0.15) is 39.9 Å². The topological polar surface area (TPSA) is 108 Å². The zero-order chi connectivity index (χ0) is 23.2. The molecule has 0 aromatic heterocycles. The van der Waals surface area contributed by atoms with E-state index in [1.165, 1.54) is 0 Å². The minimum atomic E-state index is -0.449. The number of hydrogen-bond acceptors (Lipinski definition) is 7. The SMILES string of the molecule is O=CC(=O)C1CCC(N2Cc3c(OCc4ccc(CNCCO)cc4)cccc3C2=O)CN1. The average molecular weight is 452 g/mol. The monoisotopic (exact) mass is 451 g/mol. The summed E-state index contributed by atoms with van der Waals surface area (Å²) in [4.78, 5) is 37.2. The first-order chi connectivity index (χ1) is 16.1. The third-order valence-corrected chi connectivity index (χ3v) is 6.28. The normalized spacial score (nSPS) is 19.9. The van der Waals surface area contributed by atoms with E-state index in [4.69, 9.17) is 9.84 Å². The molecule has 3 N–H and O–H groups in total. The molecule has 1 amide bonds. The molecule has 2 atom stereocenters. The fourth-order valence-corrected chi connectivity index (χ4v) is 4.41. The first-order valence-corrected chi connectivity index (χ1v) is 11.3. The molecule has 2 heterocycles. The number of nitrogens with zero attached hydrogens (tertiary/aromatic N) is 1. The lowest BCUT2D eigenvalue weighted by Crippen LogP contribution is -2.52. The number of carbonyl (C=O) groups excluding carboxylic acids is 3. The minimum absolute atomic E-state index is 0.0258. The summed E-state index contributed by atoms with van der Waals surface area (Å²) in [6.07, 6.45) is 1.57. The molecule has 8 nitrogen and oxygen atoms in total. The Bertz CT molecular complexity index is 1000. The van der Waals surface area contributed by atoms with E-state index in [1.54, 1.807) is 0 Å². The molecule has 8 heteroatoms. The Morgan fingerprint density at radius 2 is 1.97 bits per heavy atom. The van der Waals surface area contributed by atoms with E-state index in [-0.39, 0.29) is 18.6 Å². The van der Waals surface area contributed by atoms with E-state index in [2.05, 4.69) is 10.6 Å². The van der Waals surface area contributed by atoms with Crippen LogP contribution in [0.3, 0.4) is 0 Å². The zero-order valence-electron chi connectivity index (χ0n) is 18.5. The van der Waals surface area contributed by atoms with Crippen LogP contribution in [0.4, 0.5) is 0 Å². The van der Waals surface area contributed by atoms with Crippen molar-refractivity contribution in [2.45, 2.75) is 44.6 Å². The standard InChI is InChI=1S/C25H29N3O5/c29-11-10-26-12-17-4-6-18(7-5-17)16-33-24-3-1-2-20-21(24)14-28(25(20)32)19-8-9-22(27-13-19)23(31)15-30/h1-7,15,19,22,26-27,29H,8-14,16H2. The van der Waals surface area contributed by atoms with Crippen LogP contribution in [-0.2, 0) is 29.3 Å². The second-order valence-corrected chi connectivity index (χ2v) is 8.43. The first-order valence-electron chi connectivity index (χ1n) is 11.3. The Labute approximate surface area is 192 Å². The minimum Gasteiger partial charge on any atom is -0.489 e. The molecule has 33 heavy (non-hydrogen) atoms. The number of hydrogen-bond donors (Lipinski definition) is 3. The molecule has 2 unspecified atom stereocenters. The van der Waals surface area contributed by atoms with Crippen molar-refractivity contribution in [2.75, 3.05) is 19.7 Å². The summed E-state index contributed by atoms with van der Waals surface area (Å²) >= 11 is 0. The van der Waals surface area contributed by atoms with Gasteiger partial charge in [0, 0.05) is 36.8 Å². The predicted molar refractivity (Wildman–Crippen MR) is 122 cm³/mol. The van der Waals surface area contributed by atoms with Gasteiger partial charge in [0.1, 0.15) is 12.4 Å². The molecule has 2 aliphatic heterocycles. The molecular weight excluding hydrogens is 422 g/mol. The van der Waals surface area contributed by atoms with Gasteiger partial charge in [0.05, 0.1) is 19.2 Å². The smallest absolute Gasteiger partial charge is 0.254 e. The van der Waals surface area contributed by atoms with E-state index in [1.807, 2.05) is 47.4 Å². The van der Waals surface area contributed by atoms with Crippen LogP contribution < -0.4 is 15.4 Å². The number of rotatable bonds is 10. The van der Waals surface area contributed by atoms with Gasteiger partial charge in [-0.1, -0.05) is 30.3 Å². The molecule has 0 bridgehead atoms. The van der Waals surface area contributed by atoms with Crippen LogP contribution in [-0.4, -0.2) is 59.8 Å². The average Bonchev–Trinajstić information content (AvgIpc) is 3.20.